The van der Waals surface area contributed by atoms with E-state index in [4.69, 9.17) is 10.5 Å². The Labute approximate surface area is 94.3 Å². The van der Waals surface area contributed by atoms with Crippen molar-refractivity contribution in [2.75, 3.05) is 20.2 Å². The summed E-state index contributed by atoms with van der Waals surface area (Å²) in [4.78, 5) is 15.2. The number of guanidine groups is 1. The average molecular weight is 221 g/mol. The number of rotatable bonds is 4. The van der Waals surface area contributed by atoms with E-state index in [1.54, 1.807) is 31.3 Å². The van der Waals surface area contributed by atoms with Crippen LogP contribution in [0.5, 0.6) is 0 Å². The third-order valence-electron chi connectivity index (χ3n) is 1.89. The number of nitrogens with zero attached hydrogens (tertiary/aromatic N) is 1. The topological polar surface area (TPSA) is 76.7 Å². The Morgan fingerprint density at radius 2 is 2.12 bits per heavy atom. The Kier molecular flexibility index (Phi) is 4.85. The molecule has 0 unspecified atom stereocenters. The van der Waals surface area contributed by atoms with E-state index >= 15 is 0 Å². The van der Waals surface area contributed by atoms with Crippen molar-refractivity contribution in [3.63, 3.8) is 0 Å². The van der Waals surface area contributed by atoms with Crippen molar-refractivity contribution in [3.8, 4) is 0 Å². The molecule has 1 aromatic carbocycles. The minimum atomic E-state index is -0.339. The lowest BCUT2D eigenvalue weighted by atomic mass is 10.2. The fourth-order valence-corrected chi connectivity index (χ4v) is 1.06. The number of benzene rings is 1. The molecule has 0 aromatic heterocycles. The summed E-state index contributed by atoms with van der Waals surface area (Å²) in [6.45, 7) is 0.700. The van der Waals surface area contributed by atoms with Gasteiger partial charge in [0.1, 0.15) is 6.61 Å². The average Bonchev–Trinajstić information content (AvgIpc) is 2.35. The maximum Gasteiger partial charge on any atom is 0.338 e. The molecule has 0 aliphatic carbocycles. The van der Waals surface area contributed by atoms with Crippen molar-refractivity contribution >= 4 is 11.9 Å². The molecule has 0 amide bonds. The normalized spacial score (nSPS) is 10.9. The molecule has 5 nitrogen and oxygen atoms in total. The van der Waals surface area contributed by atoms with Gasteiger partial charge in [0.15, 0.2) is 5.96 Å². The highest BCUT2D eigenvalue weighted by Crippen LogP contribution is 2.00. The molecular formula is C11H15N3O2. The van der Waals surface area contributed by atoms with Gasteiger partial charge in [-0.1, -0.05) is 18.2 Å². The Morgan fingerprint density at radius 3 is 2.75 bits per heavy atom. The summed E-state index contributed by atoms with van der Waals surface area (Å²) in [5, 5.41) is 2.79. The van der Waals surface area contributed by atoms with Gasteiger partial charge < -0.3 is 15.8 Å². The van der Waals surface area contributed by atoms with Crippen LogP contribution in [0.25, 0.3) is 0 Å². The Balaban J connectivity index is 2.26. The summed E-state index contributed by atoms with van der Waals surface area (Å²) in [6.07, 6.45) is 0. The van der Waals surface area contributed by atoms with Crippen LogP contribution >= 0.6 is 0 Å². The van der Waals surface area contributed by atoms with Gasteiger partial charge in [0.25, 0.3) is 0 Å². The van der Waals surface area contributed by atoms with Crippen LogP contribution in [0.1, 0.15) is 10.4 Å². The van der Waals surface area contributed by atoms with E-state index in [1.165, 1.54) is 0 Å². The monoisotopic (exact) mass is 221 g/mol. The molecule has 86 valence electrons. The number of ether oxygens (including phenoxy) is 1. The standard InChI is InChI=1S/C11H15N3O2/c1-13-11(12)14-7-8-16-10(15)9-5-3-2-4-6-9/h2-6H,7-8H2,1H3,(H3,12,13,14). The van der Waals surface area contributed by atoms with Gasteiger partial charge in [-0.3, -0.25) is 4.99 Å². The van der Waals surface area contributed by atoms with Crippen LogP contribution in [0.4, 0.5) is 0 Å². The van der Waals surface area contributed by atoms with Crippen molar-refractivity contribution in [1.82, 2.24) is 5.32 Å². The summed E-state index contributed by atoms with van der Waals surface area (Å²) in [7, 11) is 1.58. The van der Waals surface area contributed by atoms with Gasteiger partial charge in [-0.2, -0.15) is 0 Å². The molecule has 5 heteroatoms. The molecule has 1 rings (SSSR count). The lowest BCUT2D eigenvalue weighted by Gasteiger charge is -2.06. The highest BCUT2D eigenvalue weighted by Gasteiger charge is 2.04. The fourth-order valence-electron chi connectivity index (χ4n) is 1.06. The first kappa shape index (κ1) is 12.0. The number of nitrogens with two attached hydrogens (primary N) is 1. The van der Waals surface area contributed by atoms with Gasteiger partial charge >= 0.3 is 5.97 Å². The van der Waals surface area contributed by atoms with Crippen molar-refractivity contribution in [2.45, 2.75) is 0 Å². The number of hydrogen-bond donors (Lipinski definition) is 2. The highest BCUT2D eigenvalue weighted by atomic mass is 16.5. The largest absolute Gasteiger partial charge is 0.460 e. The predicted octanol–water partition coefficient (Wildman–Crippen LogP) is 0.377. The van der Waals surface area contributed by atoms with E-state index in [2.05, 4.69) is 10.3 Å². The second-order valence-electron chi connectivity index (χ2n) is 3.04. The predicted molar refractivity (Wildman–Crippen MR) is 62.3 cm³/mol. The third kappa shape index (κ3) is 4.00. The van der Waals surface area contributed by atoms with E-state index in [0.29, 0.717) is 18.1 Å². The molecule has 0 fully saturated rings. The molecule has 0 atom stereocenters. The van der Waals surface area contributed by atoms with Crippen LogP contribution in [0.15, 0.2) is 35.3 Å². The number of hydrogen-bond acceptors (Lipinski definition) is 3. The minimum absolute atomic E-state index is 0.254. The Morgan fingerprint density at radius 1 is 1.44 bits per heavy atom. The fraction of sp³-hybridized carbons (Fsp3) is 0.273. The van der Waals surface area contributed by atoms with E-state index in [9.17, 15) is 4.79 Å². The number of carbonyl (C=O) groups excluding carboxylic acids is 1. The zero-order valence-corrected chi connectivity index (χ0v) is 9.14. The SMILES string of the molecule is CN=C(N)NCCOC(=O)c1ccccc1. The van der Waals surface area contributed by atoms with Crippen LogP contribution in [0.3, 0.4) is 0 Å². The van der Waals surface area contributed by atoms with Gasteiger partial charge in [0, 0.05) is 7.05 Å². The van der Waals surface area contributed by atoms with E-state index in [1.807, 2.05) is 6.07 Å². The molecule has 3 N–H and O–H groups in total. The zero-order valence-electron chi connectivity index (χ0n) is 9.14. The second kappa shape index (κ2) is 6.44. The Bertz CT molecular complexity index is 363. The van der Waals surface area contributed by atoms with Crippen LogP contribution in [-0.2, 0) is 4.74 Å². The molecule has 0 radical (unpaired) electrons. The zero-order chi connectivity index (χ0) is 11.8. The summed E-state index contributed by atoms with van der Waals surface area (Å²) in [5.41, 5.74) is 5.94. The van der Waals surface area contributed by atoms with Gasteiger partial charge in [0.2, 0.25) is 0 Å². The third-order valence-corrected chi connectivity index (χ3v) is 1.89. The van der Waals surface area contributed by atoms with Gasteiger partial charge in [-0.15, -0.1) is 0 Å². The molecule has 0 aliphatic heterocycles. The lowest BCUT2D eigenvalue weighted by Crippen LogP contribution is -2.34. The number of carbonyl (C=O) groups is 1. The second-order valence-corrected chi connectivity index (χ2v) is 3.04. The molecule has 16 heavy (non-hydrogen) atoms. The van der Waals surface area contributed by atoms with E-state index in [-0.39, 0.29) is 12.6 Å². The van der Waals surface area contributed by atoms with Crippen molar-refractivity contribution < 1.29 is 9.53 Å². The van der Waals surface area contributed by atoms with Crippen molar-refractivity contribution in [3.05, 3.63) is 35.9 Å². The molecule has 0 aliphatic rings. The maximum absolute atomic E-state index is 11.4. The first-order chi connectivity index (χ1) is 7.74. The summed E-state index contributed by atoms with van der Waals surface area (Å²) in [5.74, 6) is -0.00910. The van der Waals surface area contributed by atoms with Crippen LogP contribution in [0.2, 0.25) is 0 Å². The minimum Gasteiger partial charge on any atom is -0.460 e. The lowest BCUT2D eigenvalue weighted by molar-refractivity contribution is 0.0512. The van der Waals surface area contributed by atoms with Crippen LogP contribution in [-0.4, -0.2) is 32.1 Å². The summed E-state index contributed by atoms with van der Waals surface area (Å²) < 4.78 is 5.01. The molecule has 0 bridgehead atoms. The summed E-state index contributed by atoms with van der Waals surface area (Å²) >= 11 is 0. The first-order valence-corrected chi connectivity index (χ1v) is 4.92. The molecule has 0 saturated heterocycles. The van der Waals surface area contributed by atoms with Crippen molar-refractivity contribution in [1.29, 1.82) is 0 Å². The quantitative estimate of drug-likeness (QED) is 0.333. The molecule has 0 spiro atoms. The molecular weight excluding hydrogens is 206 g/mol. The molecule has 1 aromatic rings. The van der Waals surface area contributed by atoms with Gasteiger partial charge in [-0.25, -0.2) is 4.79 Å². The molecule has 0 saturated carbocycles. The van der Waals surface area contributed by atoms with Crippen LogP contribution in [0, 0.1) is 0 Å². The first-order valence-electron chi connectivity index (χ1n) is 4.92. The smallest absolute Gasteiger partial charge is 0.338 e. The highest BCUT2D eigenvalue weighted by molar-refractivity contribution is 5.89. The maximum atomic E-state index is 11.4. The van der Waals surface area contributed by atoms with Crippen LogP contribution < -0.4 is 11.1 Å². The number of esters is 1. The van der Waals surface area contributed by atoms with Gasteiger partial charge in [0.05, 0.1) is 12.1 Å². The van der Waals surface area contributed by atoms with E-state index < -0.39 is 0 Å². The Hall–Kier alpha value is -2.04. The van der Waals surface area contributed by atoms with Gasteiger partial charge in [-0.05, 0) is 12.1 Å². The number of aliphatic imine (C=N–C) groups is 1. The molecule has 0 heterocycles. The summed E-state index contributed by atoms with van der Waals surface area (Å²) in [6, 6.07) is 8.83. The number of nitrogens with one attached hydrogen (secondary N) is 1. The van der Waals surface area contributed by atoms with Crippen molar-refractivity contribution in [2.24, 2.45) is 10.7 Å². The van der Waals surface area contributed by atoms with E-state index in [0.717, 1.165) is 0 Å².